The van der Waals surface area contributed by atoms with Crippen molar-refractivity contribution in [2.24, 2.45) is 5.73 Å². The highest BCUT2D eigenvalue weighted by Gasteiger charge is 2.04. The SMILES string of the molecule is C[C@H](N)c1ccc(Sc2ccccc2Cl)cn1. The fourth-order valence-corrected chi connectivity index (χ4v) is 2.43. The van der Waals surface area contributed by atoms with Crippen LogP contribution in [0.2, 0.25) is 5.02 Å². The molecule has 0 unspecified atom stereocenters. The molecule has 0 aliphatic carbocycles. The first-order valence-corrected chi connectivity index (χ1v) is 6.50. The molecule has 1 aromatic heterocycles. The van der Waals surface area contributed by atoms with E-state index in [1.54, 1.807) is 11.8 Å². The van der Waals surface area contributed by atoms with E-state index in [9.17, 15) is 0 Å². The van der Waals surface area contributed by atoms with Crippen molar-refractivity contribution in [2.45, 2.75) is 22.8 Å². The summed E-state index contributed by atoms with van der Waals surface area (Å²) in [5.74, 6) is 0. The minimum Gasteiger partial charge on any atom is -0.323 e. The molecular formula is C13H13ClN2S. The molecule has 88 valence electrons. The molecule has 0 spiro atoms. The number of pyridine rings is 1. The van der Waals surface area contributed by atoms with Crippen molar-refractivity contribution in [3.8, 4) is 0 Å². The van der Waals surface area contributed by atoms with Crippen LogP contribution in [0.4, 0.5) is 0 Å². The largest absolute Gasteiger partial charge is 0.323 e. The van der Waals surface area contributed by atoms with Crippen LogP contribution >= 0.6 is 23.4 Å². The van der Waals surface area contributed by atoms with Crippen LogP contribution < -0.4 is 5.73 Å². The zero-order valence-electron chi connectivity index (χ0n) is 9.43. The zero-order valence-corrected chi connectivity index (χ0v) is 11.0. The van der Waals surface area contributed by atoms with E-state index in [2.05, 4.69) is 4.98 Å². The first-order chi connectivity index (χ1) is 8.16. The molecule has 0 fully saturated rings. The number of aromatic nitrogens is 1. The summed E-state index contributed by atoms with van der Waals surface area (Å²) in [6.45, 7) is 1.92. The van der Waals surface area contributed by atoms with E-state index < -0.39 is 0 Å². The lowest BCUT2D eigenvalue weighted by Gasteiger charge is -2.06. The van der Waals surface area contributed by atoms with Crippen LogP contribution in [-0.2, 0) is 0 Å². The molecule has 0 amide bonds. The fraction of sp³-hybridized carbons (Fsp3) is 0.154. The third-order valence-electron chi connectivity index (χ3n) is 2.29. The monoisotopic (exact) mass is 264 g/mol. The average molecular weight is 265 g/mol. The van der Waals surface area contributed by atoms with Gasteiger partial charge in [0.2, 0.25) is 0 Å². The Hall–Kier alpha value is -1.03. The van der Waals surface area contributed by atoms with Crippen LogP contribution in [0.3, 0.4) is 0 Å². The highest BCUT2D eigenvalue weighted by Crippen LogP contribution is 2.32. The summed E-state index contributed by atoms with van der Waals surface area (Å²) in [5.41, 5.74) is 6.65. The van der Waals surface area contributed by atoms with Crippen LogP contribution in [0.25, 0.3) is 0 Å². The van der Waals surface area contributed by atoms with Gasteiger partial charge in [-0.3, -0.25) is 4.98 Å². The summed E-state index contributed by atoms with van der Waals surface area (Å²) in [5, 5.41) is 0.758. The third kappa shape index (κ3) is 3.22. The van der Waals surface area contributed by atoms with Crippen LogP contribution in [-0.4, -0.2) is 4.98 Å². The Morgan fingerprint density at radius 1 is 1.24 bits per heavy atom. The van der Waals surface area contributed by atoms with Crippen molar-refractivity contribution in [1.82, 2.24) is 4.98 Å². The van der Waals surface area contributed by atoms with E-state index in [-0.39, 0.29) is 6.04 Å². The molecule has 2 aromatic rings. The maximum atomic E-state index is 6.09. The van der Waals surface area contributed by atoms with Gasteiger partial charge < -0.3 is 5.73 Å². The van der Waals surface area contributed by atoms with Crippen molar-refractivity contribution in [1.29, 1.82) is 0 Å². The standard InChI is InChI=1S/C13H13ClN2S/c1-9(15)12-7-6-10(8-16-12)17-13-5-3-2-4-11(13)14/h2-9H,15H2,1H3/t9-/m0/s1. The second-order valence-electron chi connectivity index (χ2n) is 3.74. The lowest BCUT2D eigenvalue weighted by molar-refractivity contribution is 0.777. The molecule has 0 saturated carbocycles. The Kier molecular flexibility index (Phi) is 4.05. The molecule has 2 nitrogen and oxygen atoms in total. The Labute approximate surface area is 110 Å². The number of nitrogens with two attached hydrogens (primary N) is 1. The predicted molar refractivity (Wildman–Crippen MR) is 72.4 cm³/mol. The second-order valence-corrected chi connectivity index (χ2v) is 5.26. The number of rotatable bonds is 3. The van der Waals surface area contributed by atoms with E-state index in [0.29, 0.717) is 0 Å². The number of hydrogen-bond donors (Lipinski definition) is 1. The Morgan fingerprint density at radius 3 is 2.59 bits per heavy atom. The third-order valence-corrected chi connectivity index (χ3v) is 3.78. The van der Waals surface area contributed by atoms with E-state index >= 15 is 0 Å². The topological polar surface area (TPSA) is 38.9 Å². The molecule has 1 aromatic carbocycles. The molecule has 1 heterocycles. The summed E-state index contributed by atoms with van der Waals surface area (Å²) in [4.78, 5) is 6.40. The molecule has 4 heteroatoms. The van der Waals surface area contributed by atoms with Crippen molar-refractivity contribution in [2.75, 3.05) is 0 Å². The van der Waals surface area contributed by atoms with Gasteiger partial charge in [-0.1, -0.05) is 35.5 Å². The Balaban J connectivity index is 2.17. The molecule has 2 N–H and O–H groups in total. The van der Waals surface area contributed by atoms with Crippen molar-refractivity contribution < 1.29 is 0 Å². The molecule has 2 rings (SSSR count). The lowest BCUT2D eigenvalue weighted by atomic mass is 10.2. The smallest absolute Gasteiger partial charge is 0.0569 e. The Morgan fingerprint density at radius 2 is 2.00 bits per heavy atom. The van der Waals surface area contributed by atoms with Gasteiger partial charge in [-0.2, -0.15) is 0 Å². The number of benzene rings is 1. The van der Waals surface area contributed by atoms with Gasteiger partial charge in [-0.15, -0.1) is 0 Å². The van der Waals surface area contributed by atoms with E-state index in [1.807, 2.05) is 49.5 Å². The van der Waals surface area contributed by atoms with E-state index in [0.717, 1.165) is 20.5 Å². The molecule has 1 atom stereocenters. The summed E-state index contributed by atoms with van der Waals surface area (Å²) >= 11 is 7.69. The van der Waals surface area contributed by atoms with Gasteiger partial charge in [0.1, 0.15) is 0 Å². The predicted octanol–water partition coefficient (Wildman–Crippen LogP) is 3.91. The minimum absolute atomic E-state index is 0.0330. The summed E-state index contributed by atoms with van der Waals surface area (Å²) in [7, 11) is 0. The van der Waals surface area contributed by atoms with Crippen LogP contribution in [0.1, 0.15) is 18.7 Å². The molecule has 17 heavy (non-hydrogen) atoms. The highest BCUT2D eigenvalue weighted by molar-refractivity contribution is 7.99. The summed E-state index contributed by atoms with van der Waals surface area (Å²) < 4.78 is 0. The van der Waals surface area contributed by atoms with Gasteiger partial charge in [0, 0.05) is 22.0 Å². The van der Waals surface area contributed by atoms with Gasteiger partial charge in [0.25, 0.3) is 0 Å². The van der Waals surface area contributed by atoms with Crippen molar-refractivity contribution >= 4 is 23.4 Å². The van der Waals surface area contributed by atoms with E-state index in [1.165, 1.54) is 0 Å². The van der Waals surface area contributed by atoms with Crippen LogP contribution in [0.15, 0.2) is 52.4 Å². The normalized spacial score (nSPS) is 12.4. The number of halogens is 1. The summed E-state index contributed by atoms with van der Waals surface area (Å²) in [6, 6.07) is 11.7. The first kappa shape index (κ1) is 12.4. The molecule has 0 bridgehead atoms. The lowest BCUT2D eigenvalue weighted by Crippen LogP contribution is -2.06. The molecule has 0 aliphatic heterocycles. The van der Waals surface area contributed by atoms with Gasteiger partial charge in [0.05, 0.1) is 10.7 Å². The first-order valence-electron chi connectivity index (χ1n) is 5.31. The van der Waals surface area contributed by atoms with Gasteiger partial charge in [0.15, 0.2) is 0 Å². The Bertz CT molecular complexity index is 497. The molecule has 0 saturated heterocycles. The van der Waals surface area contributed by atoms with Gasteiger partial charge in [-0.25, -0.2) is 0 Å². The zero-order chi connectivity index (χ0) is 12.3. The van der Waals surface area contributed by atoms with Crippen molar-refractivity contribution in [3.63, 3.8) is 0 Å². The maximum Gasteiger partial charge on any atom is 0.0569 e. The molecule has 0 aliphatic rings. The second kappa shape index (κ2) is 5.54. The summed E-state index contributed by atoms with van der Waals surface area (Å²) in [6.07, 6.45) is 1.83. The fourth-order valence-electron chi connectivity index (χ4n) is 1.38. The highest BCUT2D eigenvalue weighted by atomic mass is 35.5. The maximum absolute atomic E-state index is 6.09. The average Bonchev–Trinajstić information content (AvgIpc) is 2.33. The van der Waals surface area contributed by atoms with Crippen LogP contribution in [0.5, 0.6) is 0 Å². The van der Waals surface area contributed by atoms with Gasteiger partial charge in [-0.05, 0) is 31.2 Å². The molecular weight excluding hydrogens is 252 g/mol. The quantitative estimate of drug-likeness (QED) is 0.914. The van der Waals surface area contributed by atoms with Gasteiger partial charge >= 0.3 is 0 Å². The van der Waals surface area contributed by atoms with Crippen LogP contribution in [0, 0.1) is 0 Å². The van der Waals surface area contributed by atoms with Crippen molar-refractivity contribution in [3.05, 3.63) is 53.3 Å². The number of hydrogen-bond acceptors (Lipinski definition) is 3. The number of nitrogens with zero attached hydrogens (tertiary/aromatic N) is 1. The van der Waals surface area contributed by atoms with E-state index in [4.69, 9.17) is 17.3 Å². The minimum atomic E-state index is -0.0330. The molecule has 0 radical (unpaired) electrons.